The summed E-state index contributed by atoms with van der Waals surface area (Å²) in [4.78, 5) is 25.7. The number of halogens is 1. The summed E-state index contributed by atoms with van der Waals surface area (Å²) in [5.74, 6) is -0.836. The van der Waals surface area contributed by atoms with E-state index in [1.165, 1.54) is 0 Å². The van der Waals surface area contributed by atoms with Gasteiger partial charge in [-0.25, -0.2) is 4.79 Å². The van der Waals surface area contributed by atoms with Crippen molar-refractivity contribution in [2.24, 2.45) is 0 Å². The average molecular weight is 385 g/mol. The van der Waals surface area contributed by atoms with E-state index in [4.69, 9.17) is 5.11 Å². The first-order valence-corrected chi connectivity index (χ1v) is 7.99. The van der Waals surface area contributed by atoms with Crippen molar-refractivity contribution in [2.75, 3.05) is 5.32 Å². The quantitative estimate of drug-likeness (QED) is 0.667. The van der Waals surface area contributed by atoms with Gasteiger partial charge in [-0.15, -0.1) is 0 Å². The molecular formula is C18H13BrN2O3. The fourth-order valence-electron chi connectivity index (χ4n) is 2.48. The smallest absolute Gasteiger partial charge is 0.336 e. The SMILES string of the molecule is O=C(O)c1cccc2ncccc12.O=C1Cc2ccc(Br)cc2N1. The second-order valence-electron chi connectivity index (χ2n) is 5.21. The van der Waals surface area contributed by atoms with Crippen molar-refractivity contribution in [3.8, 4) is 0 Å². The molecule has 0 aliphatic carbocycles. The maximum absolute atomic E-state index is 10.9. The van der Waals surface area contributed by atoms with E-state index >= 15 is 0 Å². The van der Waals surface area contributed by atoms with Crippen molar-refractivity contribution < 1.29 is 14.7 Å². The number of fused-ring (bicyclic) bond motifs is 2. The molecule has 0 spiro atoms. The molecule has 1 aromatic heterocycles. The number of carboxylic acids is 1. The van der Waals surface area contributed by atoms with E-state index in [0.717, 1.165) is 15.7 Å². The Hall–Kier alpha value is -2.73. The summed E-state index contributed by atoms with van der Waals surface area (Å²) in [7, 11) is 0. The van der Waals surface area contributed by atoms with Gasteiger partial charge in [0.1, 0.15) is 0 Å². The fourth-order valence-corrected chi connectivity index (χ4v) is 2.84. The van der Waals surface area contributed by atoms with Gasteiger partial charge in [-0.3, -0.25) is 9.78 Å². The van der Waals surface area contributed by atoms with E-state index in [0.29, 0.717) is 22.9 Å². The monoisotopic (exact) mass is 384 g/mol. The number of amides is 1. The van der Waals surface area contributed by atoms with Crippen molar-refractivity contribution in [1.82, 2.24) is 4.98 Å². The van der Waals surface area contributed by atoms with Crippen LogP contribution in [0.2, 0.25) is 0 Å². The Labute approximate surface area is 146 Å². The minimum atomic E-state index is -0.918. The molecule has 0 bridgehead atoms. The molecule has 24 heavy (non-hydrogen) atoms. The molecule has 1 aliphatic rings. The summed E-state index contributed by atoms with van der Waals surface area (Å²) in [5.41, 5.74) is 3.02. The van der Waals surface area contributed by atoms with Crippen molar-refractivity contribution in [3.05, 3.63) is 70.3 Å². The van der Waals surface area contributed by atoms with Crippen LogP contribution >= 0.6 is 15.9 Å². The molecule has 120 valence electrons. The van der Waals surface area contributed by atoms with Crippen molar-refractivity contribution in [2.45, 2.75) is 6.42 Å². The second kappa shape index (κ2) is 6.80. The first kappa shape index (κ1) is 16.1. The van der Waals surface area contributed by atoms with E-state index in [1.54, 1.807) is 36.5 Å². The van der Waals surface area contributed by atoms with E-state index in [2.05, 4.69) is 26.2 Å². The summed E-state index contributed by atoms with van der Waals surface area (Å²) in [6.45, 7) is 0. The Morgan fingerprint density at radius 3 is 2.79 bits per heavy atom. The van der Waals surface area contributed by atoms with Gasteiger partial charge in [-0.1, -0.05) is 34.1 Å². The molecule has 0 fully saturated rings. The Balaban J connectivity index is 0.000000143. The Morgan fingerprint density at radius 2 is 2.00 bits per heavy atom. The van der Waals surface area contributed by atoms with Crippen LogP contribution in [-0.4, -0.2) is 22.0 Å². The van der Waals surface area contributed by atoms with Crippen LogP contribution in [0.25, 0.3) is 10.9 Å². The number of carboxylic acid groups (broad SMARTS) is 1. The summed E-state index contributed by atoms with van der Waals surface area (Å²) in [6, 6.07) is 14.4. The minimum Gasteiger partial charge on any atom is -0.478 e. The molecule has 0 saturated carbocycles. The van der Waals surface area contributed by atoms with Crippen molar-refractivity contribution in [3.63, 3.8) is 0 Å². The standard InChI is InChI=1S/C10H7NO2.C8H6BrNO/c12-10(13)8-3-1-5-9-7(8)4-2-6-11-9;9-6-2-1-5-3-8(11)10-7(5)4-6/h1-6H,(H,12,13);1-2,4H,3H2,(H,10,11). The molecule has 3 aromatic rings. The molecule has 6 heteroatoms. The second-order valence-corrected chi connectivity index (χ2v) is 6.12. The van der Waals surface area contributed by atoms with Crippen LogP contribution in [0, 0.1) is 0 Å². The number of anilines is 1. The van der Waals surface area contributed by atoms with E-state index in [9.17, 15) is 9.59 Å². The molecule has 4 rings (SSSR count). The molecule has 0 unspecified atom stereocenters. The molecule has 2 N–H and O–H groups in total. The summed E-state index contributed by atoms with van der Waals surface area (Å²) in [6.07, 6.45) is 2.16. The van der Waals surface area contributed by atoms with Gasteiger partial charge in [0, 0.05) is 21.7 Å². The topological polar surface area (TPSA) is 79.3 Å². The maximum Gasteiger partial charge on any atom is 0.336 e. The number of pyridine rings is 1. The lowest BCUT2D eigenvalue weighted by molar-refractivity contribution is -0.115. The number of nitrogens with zero attached hydrogens (tertiary/aromatic N) is 1. The van der Waals surface area contributed by atoms with Gasteiger partial charge in [0.25, 0.3) is 0 Å². The lowest BCUT2D eigenvalue weighted by Gasteiger charge is -1.99. The molecule has 1 amide bonds. The summed E-state index contributed by atoms with van der Waals surface area (Å²) in [5, 5.41) is 12.3. The highest BCUT2D eigenvalue weighted by molar-refractivity contribution is 9.10. The predicted octanol–water partition coefficient (Wildman–Crippen LogP) is 3.88. The third-order valence-electron chi connectivity index (χ3n) is 3.57. The van der Waals surface area contributed by atoms with Gasteiger partial charge in [0.2, 0.25) is 5.91 Å². The van der Waals surface area contributed by atoms with Crippen LogP contribution in [0.1, 0.15) is 15.9 Å². The molecular weight excluding hydrogens is 372 g/mol. The number of aromatic carboxylic acids is 1. The number of hydrogen-bond donors (Lipinski definition) is 2. The van der Waals surface area contributed by atoms with Crippen LogP contribution in [0.3, 0.4) is 0 Å². The van der Waals surface area contributed by atoms with Crippen LogP contribution in [0.4, 0.5) is 5.69 Å². The van der Waals surface area contributed by atoms with Gasteiger partial charge in [-0.05, 0) is 35.9 Å². The third-order valence-corrected chi connectivity index (χ3v) is 4.07. The first-order valence-electron chi connectivity index (χ1n) is 7.20. The third kappa shape index (κ3) is 3.44. The lowest BCUT2D eigenvalue weighted by atomic mass is 10.1. The molecule has 0 saturated heterocycles. The zero-order chi connectivity index (χ0) is 17.1. The number of benzene rings is 2. The van der Waals surface area contributed by atoms with Gasteiger partial charge in [-0.2, -0.15) is 0 Å². The summed E-state index contributed by atoms with van der Waals surface area (Å²) < 4.78 is 0.999. The molecule has 2 heterocycles. The van der Waals surface area contributed by atoms with Crippen molar-refractivity contribution >= 4 is 44.4 Å². The predicted molar refractivity (Wildman–Crippen MR) is 95.2 cm³/mol. The molecule has 1 aliphatic heterocycles. The number of carbonyl (C=O) groups is 2. The number of carbonyl (C=O) groups excluding carboxylic acids is 1. The van der Waals surface area contributed by atoms with Crippen molar-refractivity contribution in [1.29, 1.82) is 0 Å². The van der Waals surface area contributed by atoms with Crippen LogP contribution in [-0.2, 0) is 11.2 Å². The minimum absolute atomic E-state index is 0.0816. The Morgan fingerprint density at radius 1 is 1.17 bits per heavy atom. The zero-order valence-corrected chi connectivity index (χ0v) is 14.1. The molecule has 2 aromatic carbocycles. The summed E-state index contributed by atoms with van der Waals surface area (Å²) >= 11 is 3.33. The lowest BCUT2D eigenvalue weighted by Crippen LogP contribution is -2.03. The largest absolute Gasteiger partial charge is 0.478 e. The molecule has 0 radical (unpaired) electrons. The number of nitrogens with one attached hydrogen (secondary N) is 1. The highest BCUT2D eigenvalue weighted by Crippen LogP contribution is 2.26. The normalized spacial score (nSPS) is 12.1. The van der Waals surface area contributed by atoms with E-state index < -0.39 is 5.97 Å². The van der Waals surface area contributed by atoms with Gasteiger partial charge in [0.15, 0.2) is 0 Å². The van der Waals surface area contributed by atoms with Crippen LogP contribution in [0.5, 0.6) is 0 Å². The first-order chi connectivity index (χ1) is 11.5. The van der Waals surface area contributed by atoms with E-state index in [1.807, 2.05) is 18.2 Å². The average Bonchev–Trinajstić information content (AvgIpc) is 2.94. The number of rotatable bonds is 1. The Kier molecular flexibility index (Phi) is 4.57. The van der Waals surface area contributed by atoms with Crippen LogP contribution in [0.15, 0.2) is 59.2 Å². The molecule has 5 nitrogen and oxygen atoms in total. The van der Waals surface area contributed by atoms with Crippen LogP contribution < -0.4 is 5.32 Å². The maximum atomic E-state index is 10.9. The zero-order valence-electron chi connectivity index (χ0n) is 12.5. The highest BCUT2D eigenvalue weighted by Gasteiger charge is 2.16. The van der Waals surface area contributed by atoms with E-state index in [-0.39, 0.29) is 5.91 Å². The van der Waals surface area contributed by atoms with Gasteiger partial charge in [0.05, 0.1) is 17.5 Å². The molecule has 0 atom stereocenters. The Bertz CT molecular complexity index is 935. The van der Waals surface area contributed by atoms with Gasteiger partial charge >= 0.3 is 5.97 Å². The number of aromatic nitrogens is 1. The fraction of sp³-hybridized carbons (Fsp3) is 0.0556. The highest BCUT2D eigenvalue weighted by atomic mass is 79.9. The number of hydrogen-bond acceptors (Lipinski definition) is 3. The van der Waals surface area contributed by atoms with Gasteiger partial charge < -0.3 is 10.4 Å².